The van der Waals surface area contributed by atoms with E-state index < -0.39 is 11.8 Å². The minimum Gasteiger partial charge on any atom is -0.497 e. The molecule has 0 aliphatic carbocycles. The van der Waals surface area contributed by atoms with Crippen LogP contribution in [0, 0.1) is 5.82 Å². The largest absolute Gasteiger partial charge is 0.497 e. The van der Waals surface area contributed by atoms with Gasteiger partial charge in [0.25, 0.3) is 0 Å². The fraction of sp³-hybridized carbons (Fsp3) is 0.0667. The van der Waals surface area contributed by atoms with Crippen LogP contribution in [0.2, 0.25) is 0 Å². The summed E-state index contributed by atoms with van der Waals surface area (Å²) in [6.07, 6.45) is 0. The Kier molecular flexibility index (Phi) is 3.88. The molecule has 2 N–H and O–H groups in total. The van der Waals surface area contributed by atoms with E-state index >= 15 is 0 Å². The number of carbonyl (C=O) groups is 1. The first-order chi connectivity index (χ1) is 10.6. The van der Waals surface area contributed by atoms with E-state index in [9.17, 15) is 9.18 Å². The Morgan fingerprint density at radius 2 is 2.09 bits per heavy atom. The number of hydrogen-bond acceptors (Lipinski definition) is 4. The van der Waals surface area contributed by atoms with E-state index in [0.717, 1.165) is 16.0 Å². The summed E-state index contributed by atoms with van der Waals surface area (Å²) in [5.74, 6) is 0.316. The number of methoxy groups -OCH3 is 1. The van der Waals surface area contributed by atoms with E-state index in [0.29, 0.717) is 10.8 Å². The number of ether oxygens (including phenoxy) is 1. The van der Waals surface area contributed by atoms with Gasteiger partial charge < -0.3 is 10.1 Å². The molecule has 0 spiro atoms. The van der Waals surface area contributed by atoms with Gasteiger partial charge in [0.15, 0.2) is 5.13 Å². The van der Waals surface area contributed by atoms with Gasteiger partial charge in [-0.25, -0.2) is 14.2 Å². The van der Waals surface area contributed by atoms with Gasteiger partial charge in [0.1, 0.15) is 11.6 Å². The van der Waals surface area contributed by atoms with E-state index in [4.69, 9.17) is 4.74 Å². The van der Waals surface area contributed by atoms with Gasteiger partial charge >= 0.3 is 6.03 Å². The zero-order valence-corrected chi connectivity index (χ0v) is 12.4. The molecule has 1 aromatic heterocycles. The molecule has 0 atom stereocenters. The SMILES string of the molecule is COc1ccc2nc(NC(=O)Nc3cccc(F)c3)sc2c1. The highest BCUT2D eigenvalue weighted by atomic mass is 32.1. The molecule has 112 valence electrons. The number of anilines is 2. The molecule has 1 heterocycles. The molecule has 3 rings (SSSR count). The highest BCUT2D eigenvalue weighted by Gasteiger charge is 2.09. The van der Waals surface area contributed by atoms with Crippen LogP contribution in [0.5, 0.6) is 5.75 Å². The Morgan fingerprint density at radius 1 is 1.23 bits per heavy atom. The third kappa shape index (κ3) is 3.15. The van der Waals surface area contributed by atoms with Crippen LogP contribution in [0.1, 0.15) is 0 Å². The second kappa shape index (κ2) is 5.98. The van der Waals surface area contributed by atoms with Gasteiger partial charge in [0, 0.05) is 5.69 Å². The Hall–Kier alpha value is -2.67. The molecule has 2 amide bonds. The maximum absolute atomic E-state index is 13.1. The topological polar surface area (TPSA) is 63.2 Å². The first-order valence-corrected chi connectivity index (χ1v) is 7.24. The number of thiazole rings is 1. The first-order valence-electron chi connectivity index (χ1n) is 6.42. The molecule has 0 fully saturated rings. The third-order valence-corrected chi connectivity index (χ3v) is 3.83. The summed E-state index contributed by atoms with van der Waals surface area (Å²) in [5.41, 5.74) is 1.15. The molecule has 3 aromatic rings. The third-order valence-electron chi connectivity index (χ3n) is 2.90. The Labute approximate surface area is 129 Å². The van der Waals surface area contributed by atoms with Crippen molar-refractivity contribution in [2.45, 2.75) is 0 Å². The highest BCUT2D eigenvalue weighted by Crippen LogP contribution is 2.29. The van der Waals surface area contributed by atoms with Crippen molar-refractivity contribution in [2.24, 2.45) is 0 Å². The number of nitrogens with one attached hydrogen (secondary N) is 2. The number of carbonyl (C=O) groups excluding carboxylic acids is 1. The molecule has 0 saturated heterocycles. The van der Waals surface area contributed by atoms with Gasteiger partial charge in [-0.1, -0.05) is 17.4 Å². The lowest BCUT2D eigenvalue weighted by Crippen LogP contribution is -2.19. The average Bonchev–Trinajstić information content (AvgIpc) is 2.87. The second-order valence-corrected chi connectivity index (χ2v) is 5.47. The van der Waals surface area contributed by atoms with Gasteiger partial charge in [0.2, 0.25) is 0 Å². The molecule has 22 heavy (non-hydrogen) atoms. The van der Waals surface area contributed by atoms with Gasteiger partial charge in [-0.05, 0) is 36.4 Å². The van der Waals surface area contributed by atoms with Crippen LogP contribution in [0.15, 0.2) is 42.5 Å². The predicted molar refractivity (Wildman–Crippen MR) is 85.2 cm³/mol. The molecule has 5 nitrogen and oxygen atoms in total. The van der Waals surface area contributed by atoms with Crippen molar-refractivity contribution in [3.63, 3.8) is 0 Å². The van der Waals surface area contributed by atoms with E-state index in [2.05, 4.69) is 15.6 Å². The van der Waals surface area contributed by atoms with Gasteiger partial charge in [-0.2, -0.15) is 0 Å². The number of rotatable bonds is 3. The van der Waals surface area contributed by atoms with Crippen molar-refractivity contribution >= 4 is 38.4 Å². The molecule has 0 saturated carbocycles. The lowest BCUT2D eigenvalue weighted by molar-refractivity contribution is 0.262. The molecule has 0 radical (unpaired) electrons. The molecular formula is C15H12FN3O2S. The summed E-state index contributed by atoms with van der Waals surface area (Å²) in [6, 6.07) is 10.7. The molecular weight excluding hydrogens is 305 g/mol. The van der Waals surface area contributed by atoms with E-state index in [-0.39, 0.29) is 0 Å². The van der Waals surface area contributed by atoms with Crippen LogP contribution >= 0.6 is 11.3 Å². The molecule has 0 unspecified atom stereocenters. The summed E-state index contributed by atoms with van der Waals surface area (Å²) in [4.78, 5) is 16.2. The number of nitrogens with zero attached hydrogens (tertiary/aromatic N) is 1. The number of aromatic nitrogens is 1. The number of benzene rings is 2. The standard InChI is InChI=1S/C15H12FN3O2S/c1-21-11-5-6-12-13(8-11)22-15(18-12)19-14(20)17-10-4-2-3-9(16)7-10/h2-8H,1H3,(H2,17,18,19,20). The summed E-state index contributed by atoms with van der Waals surface area (Å²) < 4.78 is 19.1. The van der Waals surface area contributed by atoms with Crippen molar-refractivity contribution in [1.82, 2.24) is 4.98 Å². The van der Waals surface area contributed by atoms with E-state index in [1.807, 2.05) is 12.1 Å². The van der Waals surface area contributed by atoms with Crippen molar-refractivity contribution in [2.75, 3.05) is 17.7 Å². The highest BCUT2D eigenvalue weighted by molar-refractivity contribution is 7.22. The van der Waals surface area contributed by atoms with Gasteiger partial charge in [0.05, 0.1) is 17.3 Å². The average molecular weight is 317 g/mol. The molecule has 0 aliphatic rings. The fourth-order valence-corrected chi connectivity index (χ4v) is 2.80. The van der Waals surface area contributed by atoms with Crippen LogP contribution in [0.3, 0.4) is 0 Å². The normalized spacial score (nSPS) is 10.5. The van der Waals surface area contributed by atoms with Crippen molar-refractivity contribution in [1.29, 1.82) is 0 Å². The zero-order valence-electron chi connectivity index (χ0n) is 11.6. The fourth-order valence-electron chi connectivity index (χ4n) is 1.91. The summed E-state index contributed by atoms with van der Waals surface area (Å²) in [7, 11) is 1.59. The maximum atomic E-state index is 13.1. The van der Waals surface area contributed by atoms with Gasteiger partial charge in [-0.3, -0.25) is 5.32 Å². The quantitative estimate of drug-likeness (QED) is 0.765. The van der Waals surface area contributed by atoms with Crippen LogP contribution in [-0.4, -0.2) is 18.1 Å². The van der Waals surface area contributed by atoms with E-state index in [1.165, 1.54) is 29.5 Å². The van der Waals surface area contributed by atoms with Crippen LogP contribution in [-0.2, 0) is 0 Å². The Bertz CT molecular complexity index is 835. The summed E-state index contributed by atoms with van der Waals surface area (Å²) >= 11 is 1.33. The second-order valence-electron chi connectivity index (χ2n) is 4.44. The molecule has 0 bridgehead atoms. The molecule has 2 aromatic carbocycles. The first kappa shape index (κ1) is 14.3. The number of fused-ring (bicyclic) bond motifs is 1. The Balaban J connectivity index is 1.73. The number of halogens is 1. The smallest absolute Gasteiger partial charge is 0.325 e. The maximum Gasteiger partial charge on any atom is 0.325 e. The van der Waals surface area contributed by atoms with Gasteiger partial charge in [-0.15, -0.1) is 0 Å². The summed E-state index contributed by atoms with van der Waals surface area (Å²) in [5, 5.41) is 5.64. The predicted octanol–water partition coefficient (Wildman–Crippen LogP) is 4.09. The van der Waals surface area contributed by atoms with Crippen molar-refractivity contribution in [3.8, 4) is 5.75 Å². The van der Waals surface area contributed by atoms with Crippen LogP contribution in [0.25, 0.3) is 10.2 Å². The number of amides is 2. The number of urea groups is 1. The molecule has 0 aliphatic heterocycles. The summed E-state index contributed by atoms with van der Waals surface area (Å²) in [6.45, 7) is 0. The zero-order chi connectivity index (χ0) is 15.5. The lowest BCUT2D eigenvalue weighted by Gasteiger charge is -2.04. The Morgan fingerprint density at radius 3 is 2.86 bits per heavy atom. The minimum absolute atomic E-state index is 0.375. The number of hydrogen-bond donors (Lipinski definition) is 2. The molecule has 7 heteroatoms. The van der Waals surface area contributed by atoms with Crippen LogP contribution in [0.4, 0.5) is 20.0 Å². The van der Waals surface area contributed by atoms with Crippen molar-refractivity contribution < 1.29 is 13.9 Å². The van der Waals surface area contributed by atoms with E-state index in [1.54, 1.807) is 19.2 Å². The lowest BCUT2D eigenvalue weighted by atomic mass is 10.3. The minimum atomic E-state index is -0.475. The van der Waals surface area contributed by atoms with Crippen LogP contribution < -0.4 is 15.4 Å². The monoisotopic (exact) mass is 317 g/mol. The van der Waals surface area contributed by atoms with Crippen molar-refractivity contribution in [3.05, 3.63) is 48.3 Å².